The molecule has 1 aliphatic rings. The third-order valence-electron chi connectivity index (χ3n) is 3.22. The van der Waals surface area contributed by atoms with Crippen LogP contribution in [0.25, 0.3) is 0 Å². The van der Waals surface area contributed by atoms with Crippen LogP contribution in [0.15, 0.2) is 4.79 Å². The van der Waals surface area contributed by atoms with Crippen molar-refractivity contribution in [1.29, 1.82) is 0 Å². The SMILES string of the molecule is Cc1nc(CN2CCNCC2)[nH]c(=O)c1CCO. The number of aryl methyl sites for hydroxylation is 1. The second kappa shape index (κ2) is 6.08. The van der Waals surface area contributed by atoms with Crippen molar-refractivity contribution in [2.75, 3.05) is 32.8 Å². The molecule has 0 amide bonds. The quantitative estimate of drug-likeness (QED) is 0.641. The maximum absolute atomic E-state index is 11.9. The van der Waals surface area contributed by atoms with E-state index in [-0.39, 0.29) is 12.2 Å². The lowest BCUT2D eigenvalue weighted by Gasteiger charge is -2.26. The van der Waals surface area contributed by atoms with Crippen molar-refractivity contribution in [2.45, 2.75) is 19.9 Å². The Hall–Kier alpha value is -1.24. The van der Waals surface area contributed by atoms with Crippen LogP contribution in [0.5, 0.6) is 0 Å². The third kappa shape index (κ3) is 3.16. The van der Waals surface area contributed by atoms with Crippen LogP contribution < -0.4 is 10.9 Å². The van der Waals surface area contributed by atoms with E-state index < -0.39 is 0 Å². The monoisotopic (exact) mass is 252 g/mol. The van der Waals surface area contributed by atoms with Gasteiger partial charge >= 0.3 is 0 Å². The first-order valence-electron chi connectivity index (χ1n) is 6.33. The Morgan fingerprint density at radius 2 is 2.11 bits per heavy atom. The fourth-order valence-corrected chi connectivity index (χ4v) is 2.23. The highest BCUT2D eigenvalue weighted by Crippen LogP contribution is 2.03. The molecule has 0 aromatic carbocycles. The Morgan fingerprint density at radius 3 is 2.72 bits per heavy atom. The molecule has 0 atom stereocenters. The van der Waals surface area contributed by atoms with Crippen LogP contribution >= 0.6 is 0 Å². The molecule has 2 rings (SSSR count). The first kappa shape index (κ1) is 13.2. The molecule has 100 valence electrons. The molecule has 1 fully saturated rings. The van der Waals surface area contributed by atoms with Crippen LogP contribution in [0, 0.1) is 6.92 Å². The zero-order valence-electron chi connectivity index (χ0n) is 10.7. The van der Waals surface area contributed by atoms with E-state index in [0.717, 1.165) is 31.9 Å². The molecule has 1 saturated heterocycles. The minimum atomic E-state index is -0.123. The van der Waals surface area contributed by atoms with Gasteiger partial charge in [-0.05, 0) is 6.92 Å². The lowest BCUT2D eigenvalue weighted by atomic mass is 10.2. The fourth-order valence-electron chi connectivity index (χ4n) is 2.23. The summed E-state index contributed by atoms with van der Waals surface area (Å²) < 4.78 is 0. The van der Waals surface area contributed by atoms with E-state index >= 15 is 0 Å². The van der Waals surface area contributed by atoms with Gasteiger partial charge in [-0.3, -0.25) is 9.69 Å². The van der Waals surface area contributed by atoms with E-state index in [1.807, 2.05) is 6.92 Å². The first-order valence-corrected chi connectivity index (χ1v) is 6.33. The smallest absolute Gasteiger partial charge is 0.254 e. The van der Waals surface area contributed by atoms with Crippen molar-refractivity contribution in [2.24, 2.45) is 0 Å². The van der Waals surface area contributed by atoms with Crippen LogP contribution in [0.2, 0.25) is 0 Å². The van der Waals surface area contributed by atoms with Crippen molar-refractivity contribution in [3.05, 3.63) is 27.4 Å². The zero-order valence-corrected chi connectivity index (χ0v) is 10.7. The second-order valence-electron chi connectivity index (χ2n) is 4.58. The number of hydrogen-bond donors (Lipinski definition) is 3. The number of aliphatic hydroxyl groups excluding tert-OH is 1. The van der Waals surface area contributed by atoms with Crippen molar-refractivity contribution in [3.63, 3.8) is 0 Å². The summed E-state index contributed by atoms with van der Waals surface area (Å²) in [5.74, 6) is 0.709. The number of piperazine rings is 1. The Bertz CT molecular complexity index is 452. The lowest BCUT2D eigenvalue weighted by molar-refractivity contribution is 0.227. The van der Waals surface area contributed by atoms with Gasteiger partial charge in [0.25, 0.3) is 5.56 Å². The highest BCUT2D eigenvalue weighted by molar-refractivity contribution is 5.16. The second-order valence-corrected chi connectivity index (χ2v) is 4.58. The van der Waals surface area contributed by atoms with Gasteiger partial charge in [0.05, 0.1) is 6.54 Å². The molecule has 1 aromatic rings. The van der Waals surface area contributed by atoms with E-state index in [2.05, 4.69) is 20.2 Å². The number of aliphatic hydroxyl groups is 1. The van der Waals surface area contributed by atoms with Crippen LogP contribution in [0.4, 0.5) is 0 Å². The van der Waals surface area contributed by atoms with Crippen LogP contribution in [-0.4, -0.2) is 52.8 Å². The van der Waals surface area contributed by atoms with Gasteiger partial charge in [0.15, 0.2) is 0 Å². The van der Waals surface area contributed by atoms with E-state index in [0.29, 0.717) is 24.4 Å². The number of rotatable bonds is 4. The molecule has 1 aromatic heterocycles. The summed E-state index contributed by atoms with van der Waals surface area (Å²) >= 11 is 0. The molecular formula is C12H20N4O2. The fraction of sp³-hybridized carbons (Fsp3) is 0.667. The number of H-pyrrole nitrogens is 1. The number of nitrogens with one attached hydrogen (secondary N) is 2. The van der Waals surface area contributed by atoms with Gasteiger partial charge < -0.3 is 15.4 Å². The molecule has 18 heavy (non-hydrogen) atoms. The minimum absolute atomic E-state index is 0.0251. The molecule has 0 spiro atoms. The van der Waals surface area contributed by atoms with Crippen molar-refractivity contribution >= 4 is 0 Å². The van der Waals surface area contributed by atoms with Gasteiger partial charge in [-0.1, -0.05) is 0 Å². The highest BCUT2D eigenvalue weighted by Gasteiger charge is 2.13. The number of hydrogen-bond acceptors (Lipinski definition) is 5. The van der Waals surface area contributed by atoms with E-state index in [1.54, 1.807) is 0 Å². The van der Waals surface area contributed by atoms with Gasteiger partial charge in [-0.15, -0.1) is 0 Å². The summed E-state index contributed by atoms with van der Waals surface area (Å²) in [7, 11) is 0. The van der Waals surface area contributed by atoms with Crippen molar-refractivity contribution in [3.8, 4) is 0 Å². The average Bonchev–Trinajstić information content (AvgIpc) is 2.35. The van der Waals surface area contributed by atoms with Gasteiger partial charge in [0.1, 0.15) is 5.82 Å². The summed E-state index contributed by atoms with van der Waals surface area (Å²) in [5, 5.41) is 12.2. The average molecular weight is 252 g/mol. The Morgan fingerprint density at radius 1 is 1.39 bits per heavy atom. The first-order chi connectivity index (χ1) is 8.70. The lowest BCUT2D eigenvalue weighted by Crippen LogP contribution is -2.43. The van der Waals surface area contributed by atoms with Crippen LogP contribution in [0.3, 0.4) is 0 Å². The molecule has 0 radical (unpaired) electrons. The molecule has 0 bridgehead atoms. The third-order valence-corrected chi connectivity index (χ3v) is 3.22. The minimum Gasteiger partial charge on any atom is -0.396 e. The van der Waals surface area contributed by atoms with Gasteiger partial charge in [-0.25, -0.2) is 4.98 Å². The molecule has 0 saturated carbocycles. The number of aromatic nitrogens is 2. The van der Waals surface area contributed by atoms with E-state index in [4.69, 9.17) is 5.11 Å². The molecule has 6 heteroatoms. The van der Waals surface area contributed by atoms with Gasteiger partial charge in [-0.2, -0.15) is 0 Å². The zero-order chi connectivity index (χ0) is 13.0. The summed E-state index contributed by atoms with van der Waals surface area (Å²) in [4.78, 5) is 21.3. The highest BCUT2D eigenvalue weighted by atomic mass is 16.3. The molecule has 0 unspecified atom stereocenters. The molecule has 2 heterocycles. The Kier molecular flexibility index (Phi) is 4.46. The molecular weight excluding hydrogens is 232 g/mol. The van der Waals surface area contributed by atoms with E-state index in [9.17, 15) is 4.79 Å². The largest absolute Gasteiger partial charge is 0.396 e. The molecule has 3 N–H and O–H groups in total. The molecule has 0 aliphatic carbocycles. The topological polar surface area (TPSA) is 81.2 Å². The Labute approximate surface area is 106 Å². The van der Waals surface area contributed by atoms with E-state index in [1.165, 1.54) is 0 Å². The maximum Gasteiger partial charge on any atom is 0.254 e. The van der Waals surface area contributed by atoms with Crippen molar-refractivity contribution in [1.82, 2.24) is 20.2 Å². The standard InChI is InChI=1S/C12H20N4O2/c1-9-10(2-7-17)12(18)15-11(14-9)8-16-5-3-13-4-6-16/h13,17H,2-8H2,1H3,(H,14,15,18). The summed E-state index contributed by atoms with van der Waals surface area (Å²) in [5.41, 5.74) is 1.18. The normalized spacial score (nSPS) is 17.0. The Balaban J connectivity index is 2.11. The molecule has 6 nitrogen and oxygen atoms in total. The van der Waals surface area contributed by atoms with Crippen LogP contribution in [-0.2, 0) is 13.0 Å². The van der Waals surface area contributed by atoms with Gasteiger partial charge in [0.2, 0.25) is 0 Å². The predicted octanol–water partition coefficient (Wildman–Crippen LogP) is -0.982. The summed E-state index contributed by atoms with van der Waals surface area (Å²) in [6.07, 6.45) is 0.363. The maximum atomic E-state index is 11.9. The summed E-state index contributed by atoms with van der Waals surface area (Å²) in [6.45, 7) is 6.38. The predicted molar refractivity (Wildman–Crippen MR) is 68.5 cm³/mol. The number of aromatic amines is 1. The molecule has 1 aliphatic heterocycles. The number of nitrogens with zero attached hydrogens (tertiary/aromatic N) is 2. The van der Waals surface area contributed by atoms with Crippen LogP contribution in [0.1, 0.15) is 17.1 Å². The van der Waals surface area contributed by atoms with Gasteiger partial charge in [0, 0.05) is 50.5 Å². The van der Waals surface area contributed by atoms with Crippen molar-refractivity contribution < 1.29 is 5.11 Å². The summed E-state index contributed by atoms with van der Waals surface area (Å²) in [6, 6.07) is 0.